The van der Waals surface area contributed by atoms with Gasteiger partial charge in [0, 0.05) is 35.3 Å². The van der Waals surface area contributed by atoms with Gasteiger partial charge in [0.05, 0.1) is 20.8 Å². The van der Waals surface area contributed by atoms with Crippen LogP contribution in [0.3, 0.4) is 0 Å². The van der Waals surface area contributed by atoms with Gasteiger partial charge >= 0.3 is 0 Å². The van der Waals surface area contributed by atoms with E-state index in [1.165, 1.54) is 12.1 Å². The molecule has 6 rings (SSSR count). The van der Waals surface area contributed by atoms with E-state index in [9.17, 15) is 31.5 Å². The molecule has 0 spiro atoms. The molecular weight excluding hydrogens is 529 g/mol. The molecule has 2 N–H and O–H groups in total. The zero-order chi connectivity index (χ0) is 26.7. The van der Waals surface area contributed by atoms with Crippen molar-refractivity contribution in [3.05, 3.63) is 88.0 Å². The van der Waals surface area contributed by atoms with Gasteiger partial charge in [-0.25, -0.2) is 21.6 Å². The van der Waals surface area contributed by atoms with Crippen molar-refractivity contribution in [3.63, 3.8) is 0 Å². The summed E-state index contributed by atoms with van der Waals surface area (Å²) in [4.78, 5) is 16.6. The average molecular weight is 551 g/mol. The van der Waals surface area contributed by atoms with E-state index in [1.807, 2.05) is 13.0 Å². The minimum atomic E-state index is -3.99. The van der Waals surface area contributed by atoms with Crippen molar-refractivity contribution < 1.29 is 31.5 Å². The second-order valence-electron chi connectivity index (χ2n) is 9.63. The van der Waals surface area contributed by atoms with Crippen LogP contribution in [0.1, 0.15) is 40.9 Å². The largest absolute Gasteiger partial charge is 0.385 e. The number of pyridine rings is 1. The molecule has 1 aromatic heterocycles. The molecule has 0 aliphatic heterocycles. The van der Waals surface area contributed by atoms with Gasteiger partial charge in [0.25, 0.3) is 5.91 Å². The van der Waals surface area contributed by atoms with Crippen LogP contribution in [0.15, 0.2) is 53.6 Å². The summed E-state index contributed by atoms with van der Waals surface area (Å²) in [7, 11) is -3.99. The molecule has 3 aromatic rings. The van der Waals surface area contributed by atoms with Crippen LogP contribution in [0.2, 0.25) is 5.02 Å². The second kappa shape index (κ2) is 9.11. The number of benzene rings is 2. The predicted molar refractivity (Wildman–Crippen MR) is 130 cm³/mol. The van der Waals surface area contributed by atoms with Crippen LogP contribution >= 0.6 is 11.6 Å². The number of nitrogens with zero attached hydrogens (tertiary/aromatic N) is 1. The lowest BCUT2D eigenvalue weighted by molar-refractivity contribution is -0.184. The molecule has 2 aromatic carbocycles. The number of aliphatic hydroxyl groups is 1. The summed E-state index contributed by atoms with van der Waals surface area (Å²) in [5.41, 5.74) is -0.0857. The molecule has 2 unspecified atom stereocenters. The number of fused-ring (bicyclic) bond motifs is 2. The fourth-order valence-corrected chi connectivity index (χ4v) is 7.95. The third-order valence-corrected chi connectivity index (χ3v) is 10.1. The highest BCUT2D eigenvalue weighted by Crippen LogP contribution is 2.60. The van der Waals surface area contributed by atoms with Crippen molar-refractivity contribution in [2.45, 2.75) is 41.9 Å². The molecule has 0 saturated heterocycles. The Labute approximate surface area is 216 Å². The Balaban J connectivity index is 1.38. The Morgan fingerprint density at radius 3 is 2.32 bits per heavy atom. The normalized spacial score (nSPS) is 24.9. The number of hydrogen-bond acceptors (Lipinski definition) is 5. The number of aryl methyl sites for hydroxylation is 1. The molecule has 2 bridgehead atoms. The van der Waals surface area contributed by atoms with Crippen molar-refractivity contribution in [3.8, 4) is 0 Å². The van der Waals surface area contributed by atoms with Crippen LogP contribution in [0.5, 0.6) is 0 Å². The van der Waals surface area contributed by atoms with E-state index >= 15 is 0 Å². The number of carbonyl (C=O) groups excluding carboxylic acids is 1. The highest BCUT2D eigenvalue weighted by Gasteiger charge is 2.60. The van der Waals surface area contributed by atoms with Crippen LogP contribution in [0, 0.1) is 36.2 Å². The summed E-state index contributed by atoms with van der Waals surface area (Å²) in [6, 6.07) is 8.43. The summed E-state index contributed by atoms with van der Waals surface area (Å²) in [5, 5.41) is 12.8. The topological polar surface area (TPSA) is 96.4 Å². The fraction of sp³-hybridized carbons (Fsp3) is 0.308. The molecule has 3 aliphatic rings. The Bertz CT molecular complexity index is 1500. The van der Waals surface area contributed by atoms with Crippen LogP contribution in [0.25, 0.3) is 0 Å². The van der Waals surface area contributed by atoms with Gasteiger partial charge in [-0.05, 0) is 73.9 Å². The van der Waals surface area contributed by atoms with Crippen molar-refractivity contribution in [2.75, 3.05) is 5.32 Å². The van der Waals surface area contributed by atoms with Gasteiger partial charge in [-0.1, -0.05) is 11.6 Å². The number of carbonyl (C=O) groups is 1. The summed E-state index contributed by atoms with van der Waals surface area (Å²) >= 11 is 6.23. The van der Waals surface area contributed by atoms with Crippen molar-refractivity contribution in [1.82, 2.24) is 4.98 Å². The molecule has 1 heterocycles. The van der Waals surface area contributed by atoms with Crippen molar-refractivity contribution in [2.24, 2.45) is 11.8 Å². The first-order chi connectivity index (χ1) is 17.4. The first kappa shape index (κ1) is 25.7. The molecule has 194 valence electrons. The lowest BCUT2D eigenvalue weighted by Crippen LogP contribution is -2.59. The first-order valence-electron chi connectivity index (χ1n) is 11.6. The summed E-state index contributed by atoms with van der Waals surface area (Å²) in [5.74, 6) is -6.01. The minimum Gasteiger partial charge on any atom is -0.385 e. The van der Waals surface area contributed by atoms with Crippen molar-refractivity contribution in [1.29, 1.82) is 0 Å². The van der Waals surface area contributed by atoms with Crippen LogP contribution in [-0.2, 0) is 15.4 Å². The van der Waals surface area contributed by atoms with Crippen LogP contribution < -0.4 is 5.32 Å². The van der Waals surface area contributed by atoms with Gasteiger partial charge in [-0.3, -0.25) is 9.78 Å². The molecular formula is C26H22ClF3N2O4S. The first-order valence-corrected chi connectivity index (χ1v) is 13.5. The van der Waals surface area contributed by atoms with E-state index in [0.717, 1.165) is 17.3 Å². The maximum Gasteiger partial charge on any atom is 0.255 e. The highest BCUT2D eigenvalue weighted by molar-refractivity contribution is 7.92. The molecule has 3 saturated carbocycles. The summed E-state index contributed by atoms with van der Waals surface area (Å²) in [6.07, 6.45) is 2.76. The lowest BCUT2D eigenvalue weighted by atomic mass is 9.51. The highest BCUT2D eigenvalue weighted by atomic mass is 35.5. The Morgan fingerprint density at radius 1 is 1.05 bits per heavy atom. The van der Waals surface area contributed by atoms with E-state index < -0.39 is 44.0 Å². The van der Waals surface area contributed by atoms with Gasteiger partial charge in [-0.2, -0.15) is 0 Å². The average Bonchev–Trinajstić information content (AvgIpc) is 2.86. The molecule has 11 heteroatoms. The van der Waals surface area contributed by atoms with Gasteiger partial charge < -0.3 is 10.4 Å². The maximum atomic E-state index is 13.6. The summed E-state index contributed by atoms with van der Waals surface area (Å²) < 4.78 is 67.4. The smallest absolute Gasteiger partial charge is 0.255 e. The third-order valence-electron chi connectivity index (χ3n) is 7.45. The van der Waals surface area contributed by atoms with E-state index in [1.54, 1.807) is 12.3 Å². The van der Waals surface area contributed by atoms with Gasteiger partial charge in [0.2, 0.25) is 0 Å². The van der Waals surface area contributed by atoms with Gasteiger partial charge in [0.1, 0.15) is 0 Å². The van der Waals surface area contributed by atoms with Crippen LogP contribution in [0.4, 0.5) is 18.9 Å². The van der Waals surface area contributed by atoms with E-state index in [0.29, 0.717) is 18.6 Å². The third kappa shape index (κ3) is 4.30. The number of nitrogens with one attached hydrogen (secondary N) is 1. The minimum absolute atomic E-state index is 0.0744. The van der Waals surface area contributed by atoms with E-state index in [4.69, 9.17) is 11.6 Å². The summed E-state index contributed by atoms with van der Waals surface area (Å²) in [6.45, 7) is 1.82. The SMILES string of the molecule is Cc1cc(C2(O)C3CC2CC(S(=O)(=O)c2cc(C(=O)Nc4cc(F)c(F)c(F)c4)ccc2Cl)C3)ccn1. The maximum absolute atomic E-state index is 13.6. The van der Waals surface area contributed by atoms with Crippen LogP contribution in [-0.4, -0.2) is 29.7 Å². The standard InChI is InChI=1S/C26H22ClF3N2O4S/c1-13-6-15(4-5-31-13)26(34)16-8-17(26)10-19(9-16)37(35,36)23-7-14(2-3-20(23)27)25(33)32-18-11-21(28)24(30)22(29)12-18/h2-7,11-12,16-17,19,34H,8-10H2,1H3,(H,32,33). The number of halogens is 4. The van der Waals surface area contributed by atoms with E-state index in [2.05, 4.69) is 10.3 Å². The Morgan fingerprint density at radius 2 is 1.70 bits per heavy atom. The van der Waals surface area contributed by atoms with E-state index in [-0.39, 0.29) is 45.8 Å². The fourth-order valence-electron chi connectivity index (χ4n) is 5.55. The second-order valence-corrected chi connectivity index (χ2v) is 12.2. The number of anilines is 1. The molecule has 37 heavy (non-hydrogen) atoms. The lowest BCUT2D eigenvalue weighted by Gasteiger charge is -2.58. The molecule has 3 aliphatic carbocycles. The van der Waals surface area contributed by atoms with Gasteiger partial charge in [0.15, 0.2) is 27.3 Å². The Kier molecular flexibility index (Phi) is 6.32. The number of sulfone groups is 1. The predicted octanol–water partition coefficient (Wildman–Crippen LogP) is 5.17. The molecule has 3 fully saturated rings. The number of rotatable bonds is 5. The number of aromatic nitrogens is 1. The monoisotopic (exact) mass is 550 g/mol. The molecule has 6 nitrogen and oxygen atoms in total. The molecule has 0 radical (unpaired) electrons. The van der Waals surface area contributed by atoms with Gasteiger partial charge in [-0.15, -0.1) is 0 Å². The number of amides is 1. The quantitative estimate of drug-likeness (QED) is 0.427. The molecule has 1 amide bonds. The Hall–Kier alpha value is -2.95. The zero-order valence-corrected chi connectivity index (χ0v) is 21.1. The molecule has 2 atom stereocenters. The zero-order valence-electron chi connectivity index (χ0n) is 19.5. The number of hydrogen-bond donors (Lipinski definition) is 2. The van der Waals surface area contributed by atoms with Crippen molar-refractivity contribution >= 4 is 33.0 Å².